The van der Waals surface area contributed by atoms with Crippen molar-refractivity contribution in [1.29, 1.82) is 0 Å². The zero-order valence-corrected chi connectivity index (χ0v) is 13.0. The molecule has 8 N–H and O–H groups in total. The second-order valence-electron chi connectivity index (χ2n) is 5.02. The number of nitrogens with two attached hydrogens (primary N) is 4. The Bertz CT molecular complexity index is 588. The van der Waals surface area contributed by atoms with Crippen LogP contribution in [0.15, 0.2) is 24.3 Å². The average Bonchev–Trinajstić information content (AvgIpc) is 2.41. The lowest BCUT2D eigenvalue weighted by Crippen LogP contribution is -1.96. The first-order valence-electron chi connectivity index (χ1n) is 6.58. The highest BCUT2D eigenvalue weighted by molar-refractivity contribution is 5.63. The summed E-state index contributed by atoms with van der Waals surface area (Å²) in [7, 11) is 1.57. The molecule has 0 amide bonds. The minimum absolute atomic E-state index is 0.624. The van der Waals surface area contributed by atoms with Crippen LogP contribution < -0.4 is 27.7 Å². The van der Waals surface area contributed by atoms with E-state index >= 15 is 0 Å². The van der Waals surface area contributed by atoms with E-state index in [0.29, 0.717) is 17.1 Å². The fraction of sp³-hybridized carbons (Fsp3) is 0.250. The van der Waals surface area contributed by atoms with E-state index in [-0.39, 0.29) is 0 Å². The van der Waals surface area contributed by atoms with Gasteiger partial charge in [-0.25, -0.2) is 0 Å². The molecule has 5 heteroatoms. The van der Waals surface area contributed by atoms with Gasteiger partial charge in [0, 0.05) is 23.1 Å². The molecule has 0 heterocycles. The van der Waals surface area contributed by atoms with Crippen molar-refractivity contribution >= 4 is 22.7 Å². The van der Waals surface area contributed by atoms with E-state index in [2.05, 4.69) is 0 Å². The zero-order valence-electron chi connectivity index (χ0n) is 13.0. The Balaban J connectivity index is 0.000000211. The summed E-state index contributed by atoms with van der Waals surface area (Å²) in [4.78, 5) is 0. The van der Waals surface area contributed by atoms with Gasteiger partial charge in [-0.1, -0.05) is 0 Å². The molecule has 0 saturated heterocycles. The highest BCUT2D eigenvalue weighted by Gasteiger charge is 2.01. The van der Waals surface area contributed by atoms with Gasteiger partial charge >= 0.3 is 0 Å². The summed E-state index contributed by atoms with van der Waals surface area (Å²) >= 11 is 0. The van der Waals surface area contributed by atoms with Gasteiger partial charge in [-0.3, -0.25) is 0 Å². The minimum Gasteiger partial charge on any atom is -0.495 e. The Morgan fingerprint density at radius 1 is 0.619 bits per heavy atom. The second-order valence-corrected chi connectivity index (χ2v) is 5.02. The molecule has 0 aromatic heterocycles. The van der Waals surface area contributed by atoms with Crippen molar-refractivity contribution in [3.05, 3.63) is 41.0 Å². The number of hydrogen-bond acceptors (Lipinski definition) is 5. The molecule has 0 radical (unpaired) electrons. The van der Waals surface area contributed by atoms with Gasteiger partial charge < -0.3 is 27.7 Å². The number of rotatable bonds is 1. The lowest BCUT2D eigenvalue weighted by molar-refractivity contribution is 0.417. The van der Waals surface area contributed by atoms with Crippen LogP contribution in [0, 0.1) is 20.8 Å². The first-order chi connectivity index (χ1) is 9.76. The molecular formula is C16H24N4O. The molecule has 21 heavy (non-hydrogen) atoms. The zero-order chi connectivity index (χ0) is 16.2. The third-order valence-corrected chi connectivity index (χ3v) is 3.27. The van der Waals surface area contributed by atoms with E-state index in [9.17, 15) is 0 Å². The standard InChI is InChI=1S/C8H12N2O.C8H12N2/c1-5-3-7(10)8(11-2)4-6(5)9;1-5-3-8(10)6(2)4-7(5)9/h3-4H,9-10H2,1-2H3;3-4H,9-10H2,1-2H3. The van der Waals surface area contributed by atoms with Crippen LogP contribution in [0.4, 0.5) is 22.7 Å². The van der Waals surface area contributed by atoms with Crippen LogP contribution >= 0.6 is 0 Å². The molecule has 0 saturated carbocycles. The van der Waals surface area contributed by atoms with Gasteiger partial charge in [0.05, 0.1) is 12.8 Å². The van der Waals surface area contributed by atoms with Crippen LogP contribution in [0.1, 0.15) is 16.7 Å². The normalized spacial score (nSPS) is 9.71. The van der Waals surface area contributed by atoms with E-state index in [0.717, 1.165) is 28.1 Å². The topological polar surface area (TPSA) is 113 Å². The summed E-state index contributed by atoms with van der Waals surface area (Å²) in [6.45, 7) is 5.81. The third-order valence-electron chi connectivity index (χ3n) is 3.27. The van der Waals surface area contributed by atoms with E-state index in [4.69, 9.17) is 27.7 Å². The van der Waals surface area contributed by atoms with Gasteiger partial charge in [-0.15, -0.1) is 0 Å². The van der Waals surface area contributed by atoms with Crippen LogP contribution in [-0.4, -0.2) is 7.11 Å². The molecule has 0 atom stereocenters. The fourth-order valence-electron chi connectivity index (χ4n) is 1.76. The number of methoxy groups -OCH3 is 1. The molecule has 0 aliphatic carbocycles. The largest absolute Gasteiger partial charge is 0.495 e. The van der Waals surface area contributed by atoms with Gasteiger partial charge in [0.2, 0.25) is 0 Å². The second kappa shape index (κ2) is 6.74. The van der Waals surface area contributed by atoms with Crippen LogP contribution in [0.3, 0.4) is 0 Å². The first-order valence-corrected chi connectivity index (χ1v) is 6.58. The summed E-state index contributed by atoms with van der Waals surface area (Å²) in [5, 5.41) is 0. The van der Waals surface area contributed by atoms with E-state index in [1.54, 1.807) is 19.2 Å². The van der Waals surface area contributed by atoms with E-state index in [1.165, 1.54) is 0 Å². The number of nitrogen functional groups attached to an aromatic ring is 4. The number of hydrogen-bond donors (Lipinski definition) is 4. The Hall–Kier alpha value is -2.56. The average molecular weight is 288 g/mol. The highest BCUT2D eigenvalue weighted by atomic mass is 16.5. The maximum Gasteiger partial charge on any atom is 0.143 e. The molecule has 0 unspecified atom stereocenters. The molecule has 0 aliphatic heterocycles. The molecule has 2 aromatic carbocycles. The first kappa shape index (κ1) is 16.5. The quantitative estimate of drug-likeness (QED) is 0.602. The van der Waals surface area contributed by atoms with Gasteiger partial charge in [0.15, 0.2) is 0 Å². The van der Waals surface area contributed by atoms with Crippen molar-refractivity contribution in [3.63, 3.8) is 0 Å². The van der Waals surface area contributed by atoms with Gasteiger partial charge in [0.1, 0.15) is 5.75 Å². The molecule has 2 aromatic rings. The van der Waals surface area contributed by atoms with Crippen molar-refractivity contribution in [2.45, 2.75) is 20.8 Å². The maximum absolute atomic E-state index is 5.63. The molecule has 114 valence electrons. The molecule has 2 rings (SSSR count). The number of aryl methyl sites for hydroxylation is 3. The van der Waals surface area contributed by atoms with Crippen LogP contribution in [0.5, 0.6) is 5.75 Å². The van der Waals surface area contributed by atoms with Gasteiger partial charge in [0.25, 0.3) is 0 Å². The van der Waals surface area contributed by atoms with Crippen LogP contribution in [0.2, 0.25) is 0 Å². The summed E-state index contributed by atoms with van der Waals surface area (Å²) in [5.74, 6) is 0.633. The smallest absolute Gasteiger partial charge is 0.143 e. The van der Waals surface area contributed by atoms with Crippen molar-refractivity contribution in [3.8, 4) is 5.75 Å². The molecule has 5 nitrogen and oxygen atoms in total. The molecule has 0 fully saturated rings. The van der Waals surface area contributed by atoms with E-state index < -0.39 is 0 Å². The number of anilines is 4. The Morgan fingerprint density at radius 3 is 1.33 bits per heavy atom. The van der Waals surface area contributed by atoms with E-state index in [1.807, 2.05) is 32.9 Å². The minimum atomic E-state index is 0.624. The van der Waals surface area contributed by atoms with Crippen LogP contribution in [0.25, 0.3) is 0 Å². The summed E-state index contributed by atoms with van der Waals surface area (Å²) in [5.41, 5.74) is 28.5. The third kappa shape index (κ3) is 4.21. The van der Waals surface area contributed by atoms with Crippen molar-refractivity contribution < 1.29 is 4.74 Å². The number of ether oxygens (including phenoxy) is 1. The fourth-order valence-corrected chi connectivity index (χ4v) is 1.76. The lowest BCUT2D eigenvalue weighted by atomic mass is 10.1. The lowest BCUT2D eigenvalue weighted by Gasteiger charge is -2.06. The predicted octanol–water partition coefficient (Wildman–Crippen LogP) is 2.64. The number of benzene rings is 2. The highest BCUT2D eigenvalue weighted by Crippen LogP contribution is 2.26. The van der Waals surface area contributed by atoms with Gasteiger partial charge in [-0.2, -0.15) is 0 Å². The Morgan fingerprint density at radius 2 is 0.952 bits per heavy atom. The monoisotopic (exact) mass is 288 g/mol. The summed E-state index contributed by atoms with van der Waals surface area (Å²) < 4.78 is 4.98. The maximum atomic E-state index is 5.63. The summed E-state index contributed by atoms with van der Waals surface area (Å²) in [6.07, 6.45) is 0. The molecule has 0 bridgehead atoms. The predicted molar refractivity (Wildman–Crippen MR) is 91.3 cm³/mol. The van der Waals surface area contributed by atoms with Crippen molar-refractivity contribution in [2.75, 3.05) is 30.0 Å². The Labute approximate surface area is 125 Å². The summed E-state index contributed by atoms with van der Waals surface area (Å²) in [6, 6.07) is 7.31. The Kier molecular flexibility index (Phi) is 5.30. The van der Waals surface area contributed by atoms with Crippen molar-refractivity contribution in [2.24, 2.45) is 0 Å². The van der Waals surface area contributed by atoms with Crippen LogP contribution in [-0.2, 0) is 0 Å². The SMILES string of the molecule is COc1cc(N)c(C)cc1N.Cc1cc(N)c(C)cc1N. The van der Waals surface area contributed by atoms with Crippen molar-refractivity contribution in [1.82, 2.24) is 0 Å². The van der Waals surface area contributed by atoms with Gasteiger partial charge in [-0.05, 0) is 55.7 Å². The molecule has 0 spiro atoms. The molecular weight excluding hydrogens is 264 g/mol. The molecule has 0 aliphatic rings.